The third-order valence-corrected chi connectivity index (χ3v) is 2.16. The van der Waals surface area contributed by atoms with Crippen molar-refractivity contribution in [2.45, 2.75) is 6.92 Å². The molecular weight excluding hydrogens is 226 g/mol. The van der Waals surface area contributed by atoms with Gasteiger partial charge in [0.25, 0.3) is 0 Å². The number of aryl methyl sites for hydroxylation is 1. The van der Waals surface area contributed by atoms with Crippen molar-refractivity contribution in [3.63, 3.8) is 0 Å². The van der Waals surface area contributed by atoms with Crippen molar-refractivity contribution >= 4 is 5.78 Å². The maximum atomic E-state index is 13.3. The summed E-state index contributed by atoms with van der Waals surface area (Å²) < 4.78 is 26.3. The molecular formula is C12H8F2N2O. The number of halogens is 2. The Balaban J connectivity index is 2.43. The largest absolute Gasteiger partial charge is 0.285 e. The van der Waals surface area contributed by atoms with Gasteiger partial charge in [-0.25, -0.2) is 18.7 Å². The highest BCUT2D eigenvalue weighted by atomic mass is 19.1. The van der Waals surface area contributed by atoms with Crippen LogP contribution < -0.4 is 0 Å². The Labute approximate surface area is 96.2 Å². The summed E-state index contributed by atoms with van der Waals surface area (Å²) in [6.45, 7) is 1.76. The Hall–Kier alpha value is -2.17. The monoisotopic (exact) mass is 234 g/mol. The van der Waals surface area contributed by atoms with Crippen molar-refractivity contribution in [3.05, 3.63) is 59.2 Å². The molecule has 0 bridgehead atoms. The fourth-order valence-corrected chi connectivity index (χ4v) is 1.30. The van der Waals surface area contributed by atoms with Gasteiger partial charge in [-0.15, -0.1) is 0 Å². The number of ketones is 1. The molecule has 0 saturated heterocycles. The Kier molecular flexibility index (Phi) is 2.91. The number of nitrogens with zero attached hydrogens (tertiary/aromatic N) is 2. The number of benzene rings is 1. The van der Waals surface area contributed by atoms with E-state index >= 15 is 0 Å². The molecule has 0 amide bonds. The van der Waals surface area contributed by atoms with Crippen molar-refractivity contribution in [1.29, 1.82) is 0 Å². The summed E-state index contributed by atoms with van der Waals surface area (Å²) in [5.74, 6) is -2.36. The molecule has 0 N–H and O–H groups in total. The minimum absolute atomic E-state index is 0.153. The van der Waals surface area contributed by atoms with Crippen LogP contribution in [-0.4, -0.2) is 15.8 Å². The standard InChI is InChI=1S/C12H8F2N2O/c1-7-5-15-12(16-6-7)11(17)9-4-8(13)2-3-10(9)14/h2-6H,1H3. The lowest BCUT2D eigenvalue weighted by atomic mass is 10.1. The first-order valence-electron chi connectivity index (χ1n) is 4.86. The van der Waals surface area contributed by atoms with Crippen molar-refractivity contribution in [1.82, 2.24) is 9.97 Å². The number of hydrogen-bond acceptors (Lipinski definition) is 3. The molecule has 17 heavy (non-hydrogen) atoms. The minimum atomic E-state index is -0.791. The van der Waals surface area contributed by atoms with Crippen molar-refractivity contribution < 1.29 is 13.6 Å². The first kappa shape index (κ1) is 11.3. The molecule has 3 nitrogen and oxygen atoms in total. The maximum Gasteiger partial charge on any atom is 0.233 e. The van der Waals surface area contributed by atoms with Crippen LogP contribution in [0.3, 0.4) is 0 Å². The molecule has 0 atom stereocenters. The number of rotatable bonds is 2. The third-order valence-electron chi connectivity index (χ3n) is 2.16. The number of aromatic nitrogens is 2. The summed E-state index contributed by atoms with van der Waals surface area (Å²) >= 11 is 0. The number of carbonyl (C=O) groups is 1. The topological polar surface area (TPSA) is 42.9 Å². The number of carbonyl (C=O) groups excluding carboxylic acids is 1. The average molecular weight is 234 g/mol. The molecule has 0 spiro atoms. The van der Waals surface area contributed by atoms with E-state index in [1.807, 2.05) is 0 Å². The minimum Gasteiger partial charge on any atom is -0.285 e. The Morgan fingerprint density at radius 2 is 1.82 bits per heavy atom. The molecule has 2 aromatic rings. The lowest BCUT2D eigenvalue weighted by Gasteiger charge is -2.01. The van der Waals surface area contributed by atoms with Crippen LogP contribution in [0.15, 0.2) is 30.6 Å². The van der Waals surface area contributed by atoms with Crippen molar-refractivity contribution in [2.24, 2.45) is 0 Å². The summed E-state index contributed by atoms with van der Waals surface area (Å²) in [6.07, 6.45) is 2.88. The van der Waals surface area contributed by atoms with E-state index < -0.39 is 17.4 Å². The third kappa shape index (κ3) is 2.33. The fourth-order valence-electron chi connectivity index (χ4n) is 1.30. The summed E-state index contributed by atoms with van der Waals surface area (Å²) in [6, 6.07) is 2.68. The first-order chi connectivity index (χ1) is 8.08. The molecule has 0 aliphatic heterocycles. The van der Waals surface area contributed by atoms with Gasteiger partial charge < -0.3 is 0 Å². The quantitative estimate of drug-likeness (QED) is 0.749. The molecule has 2 rings (SSSR count). The van der Waals surface area contributed by atoms with Gasteiger partial charge in [0.15, 0.2) is 0 Å². The molecule has 0 radical (unpaired) electrons. The van der Waals surface area contributed by atoms with E-state index in [-0.39, 0.29) is 11.4 Å². The Morgan fingerprint density at radius 1 is 1.18 bits per heavy atom. The molecule has 0 aliphatic carbocycles. The van der Waals surface area contributed by atoms with Gasteiger partial charge in [0.05, 0.1) is 5.56 Å². The van der Waals surface area contributed by atoms with Crippen LogP contribution in [0.5, 0.6) is 0 Å². The molecule has 5 heteroatoms. The lowest BCUT2D eigenvalue weighted by Crippen LogP contribution is -2.09. The summed E-state index contributed by atoms with van der Waals surface area (Å²) in [4.78, 5) is 19.4. The average Bonchev–Trinajstić information content (AvgIpc) is 2.32. The first-order valence-corrected chi connectivity index (χ1v) is 4.86. The van der Waals surface area contributed by atoms with Crippen LogP contribution in [-0.2, 0) is 0 Å². The highest BCUT2D eigenvalue weighted by Crippen LogP contribution is 2.13. The van der Waals surface area contributed by atoms with E-state index in [0.29, 0.717) is 0 Å². The molecule has 0 fully saturated rings. The second kappa shape index (κ2) is 4.37. The van der Waals surface area contributed by atoms with Gasteiger partial charge in [-0.3, -0.25) is 4.79 Å². The predicted molar refractivity (Wildman–Crippen MR) is 56.6 cm³/mol. The highest BCUT2D eigenvalue weighted by Gasteiger charge is 2.17. The van der Waals surface area contributed by atoms with Crippen molar-refractivity contribution in [2.75, 3.05) is 0 Å². The van der Waals surface area contributed by atoms with E-state index in [1.54, 1.807) is 6.92 Å². The lowest BCUT2D eigenvalue weighted by molar-refractivity contribution is 0.102. The van der Waals surface area contributed by atoms with E-state index in [0.717, 1.165) is 23.8 Å². The molecule has 0 unspecified atom stereocenters. The predicted octanol–water partition coefficient (Wildman–Crippen LogP) is 2.29. The zero-order chi connectivity index (χ0) is 12.4. The van der Waals surface area contributed by atoms with Gasteiger partial charge in [0.1, 0.15) is 11.6 Å². The van der Waals surface area contributed by atoms with Gasteiger partial charge in [-0.05, 0) is 30.7 Å². The summed E-state index contributed by atoms with van der Waals surface area (Å²) in [5, 5.41) is 0. The normalized spacial score (nSPS) is 10.3. The second-order valence-corrected chi connectivity index (χ2v) is 3.54. The van der Waals surface area contributed by atoms with Crippen LogP contribution in [0.4, 0.5) is 8.78 Å². The molecule has 86 valence electrons. The Bertz CT molecular complexity index is 567. The highest BCUT2D eigenvalue weighted by molar-refractivity contribution is 6.06. The van der Waals surface area contributed by atoms with E-state index in [9.17, 15) is 13.6 Å². The maximum absolute atomic E-state index is 13.3. The molecule has 1 aromatic carbocycles. The molecule has 1 aromatic heterocycles. The van der Waals surface area contributed by atoms with Gasteiger partial charge in [0, 0.05) is 12.4 Å². The molecule has 0 aliphatic rings. The van der Waals surface area contributed by atoms with Crippen LogP contribution in [0.2, 0.25) is 0 Å². The van der Waals surface area contributed by atoms with E-state index in [4.69, 9.17) is 0 Å². The van der Waals surface area contributed by atoms with Gasteiger partial charge in [-0.2, -0.15) is 0 Å². The van der Waals surface area contributed by atoms with Crippen LogP contribution in [0.1, 0.15) is 21.7 Å². The van der Waals surface area contributed by atoms with Gasteiger partial charge >= 0.3 is 0 Å². The van der Waals surface area contributed by atoms with Crippen molar-refractivity contribution in [3.8, 4) is 0 Å². The SMILES string of the molecule is Cc1cnc(C(=O)c2cc(F)ccc2F)nc1. The zero-order valence-corrected chi connectivity index (χ0v) is 8.95. The fraction of sp³-hybridized carbons (Fsp3) is 0.0833. The zero-order valence-electron chi connectivity index (χ0n) is 8.95. The van der Waals surface area contributed by atoms with E-state index in [2.05, 4.69) is 9.97 Å². The summed E-state index contributed by atoms with van der Waals surface area (Å²) in [5.41, 5.74) is 0.412. The summed E-state index contributed by atoms with van der Waals surface area (Å²) in [7, 11) is 0. The van der Waals surface area contributed by atoms with Gasteiger partial charge in [0.2, 0.25) is 11.6 Å². The second-order valence-electron chi connectivity index (χ2n) is 3.54. The van der Waals surface area contributed by atoms with Gasteiger partial charge in [-0.1, -0.05) is 0 Å². The molecule has 1 heterocycles. The van der Waals surface area contributed by atoms with E-state index in [1.165, 1.54) is 12.4 Å². The molecule has 0 saturated carbocycles. The van der Waals surface area contributed by atoms with Crippen LogP contribution in [0, 0.1) is 18.6 Å². The smallest absolute Gasteiger partial charge is 0.233 e. The number of hydrogen-bond donors (Lipinski definition) is 0. The van der Waals surface area contributed by atoms with Crippen LogP contribution >= 0.6 is 0 Å². The Morgan fingerprint density at radius 3 is 2.47 bits per heavy atom. The van der Waals surface area contributed by atoms with Crippen LogP contribution in [0.25, 0.3) is 0 Å².